The van der Waals surface area contributed by atoms with Crippen LogP contribution in [-0.4, -0.2) is 27.1 Å². The zero-order chi connectivity index (χ0) is 16.2. The summed E-state index contributed by atoms with van der Waals surface area (Å²) in [5.41, 5.74) is 2.33. The molecule has 0 atom stereocenters. The Morgan fingerprint density at radius 2 is 2.09 bits per heavy atom. The average molecular weight is 312 g/mol. The number of aromatic nitrogens is 2. The summed E-state index contributed by atoms with van der Waals surface area (Å²) < 4.78 is 14.6. The molecule has 0 fully saturated rings. The van der Waals surface area contributed by atoms with Crippen molar-refractivity contribution in [2.24, 2.45) is 0 Å². The number of aryl methyl sites for hydroxylation is 1. The van der Waals surface area contributed by atoms with Crippen molar-refractivity contribution in [2.75, 3.05) is 6.54 Å². The monoisotopic (exact) mass is 312 g/mol. The zero-order valence-electron chi connectivity index (χ0n) is 12.7. The van der Waals surface area contributed by atoms with Crippen molar-refractivity contribution in [3.63, 3.8) is 0 Å². The van der Waals surface area contributed by atoms with E-state index in [0.29, 0.717) is 31.7 Å². The first-order chi connectivity index (χ1) is 11.2. The summed E-state index contributed by atoms with van der Waals surface area (Å²) in [7, 11) is 0. The molecule has 23 heavy (non-hydrogen) atoms. The fraction of sp³-hybridized carbons (Fsp3) is 0.353. The number of nitriles is 1. The van der Waals surface area contributed by atoms with Gasteiger partial charge >= 0.3 is 0 Å². The van der Waals surface area contributed by atoms with Crippen LogP contribution in [0.2, 0.25) is 0 Å². The maximum Gasteiger partial charge on any atom is 0.222 e. The molecule has 3 rings (SSSR count). The summed E-state index contributed by atoms with van der Waals surface area (Å²) in [5, 5.41) is 13.0. The molecule has 0 aliphatic carbocycles. The van der Waals surface area contributed by atoms with E-state index in [1.807, 2.05) is 11.0 Å². The van der Waals surface area contributed by atoms with Crippen LogP contribution in [0.4, 0.5) is 4.39 Å². The van der Waals surface area contributed by atoms with Gasteiger partial charge in [-0.15, -0.1) is 0 Å². The first-order valence-electron chi connectivity index (χ1n) is 7.65. The van der Waals surface area contributed by atoms with Crippen LogP contribution in [0.5, 0.6) is 0 Å². The fourth-order valence-corrected chi connectivity index (χ4v) is 2.79. The maximum atomic E-state index is 12.8. The smallest absolute Gasteiger partial charge is 0.222 e. The van der Waals surface area contributed by atoms with E-state index in [-0.39, 0.29) is 11.7 Å². The van der Waals surface area contributed by atoms with Crippen LogP contribution in [0, 0.1) is 17.1 Å². The molecule has 0 saturated carbocycles. The molecule has 1 aliphatic heterocycles. The van der Waals surface area contributed by atoms with Gasteiger partial charge in [0.05, 0.1) is 18.8 Å². The van der Waals surface area contributed by atoms with Crippen LogP contribution in [0.1, 0.15) is 29.8 Å². The molecule has 2 aromatic rings. The minimum absolute atomic E-state index is 0.109. The molecule has 1 aliphatic rings. The molecular weight excluding hydrogens is 295 g/mol. The highest BCUT2D eigenvalue weighted by molar-refractivity contribution is 5.76. The molecule has 6 heteroatoms. The van der Waals surface area contributed by atoms with Crippen molar-refractivity contribution in [1.29, 1.82) is 5.26 Å². The number of fused-ring (bicyclic) bond motifs is 1. The minimum atomic E-state index is -0.244. The summed E-state index contributed by atoms with van der Waals surface area (Å²) in [6.45, 7) is 1.75. The number of hydrogen-bond donors (Lipinski definition) is 0. The number of carbonyl (C=O) groups excluding carboxylic acids is 1. The summed E-state index contributed by atoms with van der Waals surface area (Å²) in [6, 6.07) is 10.1. The van der Waals surface area contributed by atoms with Gasteiger partial charge in [-0.05, 0) is 36.6 Å². The molecule has 0 spiro atoms. The van der Waals surface area contributed by atoms with Gasteiger partial charge in [-0.3, -0.25) is 9.48 Å². The van der Waals surface area contributed by atoms with E-state index in [1.165, 1.54) is 12.1 Å². The number of hydrogen-bond acceptors (Lipinski definition) is 3. The van der Waals surface area contributed by atoms with Gasteiger partial charge in [0, 0.05) is 13.0 Å². The molecule has 5 nitrogen and oxygen atoms in total. The van der Waals surface area contributed by atoms with Crippen LogP contribution in [0.25, 0.3) is 0 Å². The second-order valence-corrected chi connectivity index (χ2v) is 5.65. The van der Waals surface area contributed by atoms with Gasteiger partial charge in [0.1, 0.15) is 11.9 Å². The SMILES string of the molecule is N#Cc1cc2n(n1)CCN(C(=O)CCCc1ccc(F)cc1)C2. The third-order valence-electron chi connectivity index (χ3n) is 4.03. The van der Waals surface area contributed by atoms with Crippen LogP contribution < -0.4 is 0 Å². The molecule has 0 saturated heterocycles. The third kappa shape index (κ3) is 3.57. The highest BCUT2D eigenvalue weighted by atomic mass is 19.1. The van der Waals surface area contributed by atoms with Crippen molar-refractivity contribution >= 4 is 5.91 Å². The molecule has 0 radical (unpaired) electrons. The number of carbonyl (C=O) groups is 1. The second kappa shape index (κ2) is 6.61. The minimum Gasteiger partial charge on any atom is -0.335 e. The quantitative estimate of drug-likeness (QED) is 0.870. The Kier molecular flexibility index (Phi) is 4.38. The lowest BCUT2D eigenvalue weighted by atomic mass is 10.1. The van der Waals surface area contributed by atoms with Gasteiger partial charge in [0.2, 0.25) is 5.91 Å². The van der Waals surface area contributed by atoms with Gasteiger partial charge in [-0.1, -0.05) is 12.1 Å². The Labute approximate surface area is 133 Å². The van der Waals surface area contributed by atoms with Gasteiger partial charge in [0.15, 0.2) is 5.69 Å². The number of nitrogens with zero attached hydrogens (tertiary/aromatic N) is 4. The molecule has 1 aromatic heterocycles. The van der Waals surface area contributed by atoms with Crippen LogP contribution in [-0.2, 0) is 24.3 Å². The van der Waals surface area contributed by atoms with Gasteiger partial charge < -0.3 is 4.90 Å². The molecule has 1 amide bonds. The Balaban J connectivity index is 1.51. The molecule has 0 bridgehead atoms. The lowest BCUT2D eigenvalue weighted by molar-refractivity contribution is -0.132. The molecule has 0 N–H and O–H groups in total. The Bertz CT molecular complexity index is 745. The van der Waals surface area contributed by atoms with Crippen LogP contribution in [0.15, 0.2) is 30.3 Å². The number of benzene rings is 1. The van der Waals surface area contributed by atoms with E-state index in [4.69, 9.17) is 5.26 Å². The number of amides is 1. The Morgan fingerprint density at radius 3 is 2.83 bits per heavy atom. The van der Waals surface area contributed by atoms with Gasteiger partial charge in [-0.2, -0.15) is 10.4 Å². The molecule has 1 aromatic carbocycles. The standard InChI is InChI=1S/C17H17FN4O/c18-14-6-4-13(5-7-14)2-1-3-17(23)21-8-9-22-16(12-21)10-15(11-19)20-22/h4-7,10H,1-3,8-9,12H2. The predicted molar refractivity (Wildman–Crippen MR) is 81.7 cm³/mol. The summed E-state index contributed by atoms with van der Waals surface area (Å²) in [6.07, 6.45) is 1.97. The van der Waals surface area contributed by atoms with Crippen LogP contribution >= 0.6 is 0 Å². The predicted octanol–water partition coefficient (Wildman–Crippen LogP) is 2.26. The summed E-state index contributed by atoms with van der Waals surface area (Å²) >= 11 is 0. The highest BCUT2D eigenvalue weighted by Crippen LogP contribution is 2.15. The van der Waals surface area contributed by atoms with Gasteiger partial charge in [0.25, 0.3) is 0 Å². The number of halogens is 1. The highest BCUT2D eigenvalue weighted by Gasteiger charge is 2.21. The average Bonchev–Trinajstić information content (AvgIpc) is 2.98. The summed E-state index contributed by atoms with van der Waals surface area (Å²) in [5.74, 6) is -0.135. The first kappa shape index (κ1) is 15.2. The maximum absolute atomic E-state index is 12.8. The van der Waals surface area contributed by atoms with Crippen molar-refractivity contribution in [1.82, 2.24) is 14.7 Å². The molecule has 0 unspecified atom stereocenters. The molecule has 2 heterocycles. The van der Waals surface area contributed by atoms with E-state index in [2.05, 4.69) is 5.10 Å². The zero-order valence-corrected chi connectivity index (χ0v) is 12.7. The Morgan fingerprint density at radius 1 is 1.30 bits per heavy atom. The van der Waals surface area contributed by atoms with E-state index in [1.54, 1.807) is 22.9 Å². The van der Waals surface area contributed by atoms with Crippen LogP contribution in [0.3, 0.4) is 0 Å². The largest absolute Gasteiger partial charge is 0.335 e. The van der Waals surface area contributed by atoms with E-state index in [9.17, 15) is 9.18 Å². The normalized spacial score (nSPS) is 13.5. The Hall–Kier alpha value is -2.68. The van der Waals surface area contributed by atoms with E-state index < -0.39 is 0 Å². The summed E-state index contributed by atoms with van der Waals surface area (Å²) in [4.78, 5) is 14.1. The lowest BCUT2D eigenvalue weighted by Gasteiger charge is -2.27. The van der Waals surface area contributed by atoms with Crippen molar-refractivity contribution in [3.05, 3.63) is 53.1 Å². The van der Waals surface area contributed by atoms with Crippen molar-refractivity contribution in [2.45, 2.75) is 32.4 Å². The topological polar surface area (TPSA) is 61.9 Å². The molecule has 118 valence electrons. The van der Waals surface area contributed by atoms with Crippen molar-refractivity contribution in [3.8, 4) is 6.07 Å². The molecular formula is C17H17FN4O. The first-order valence-corrected chi connectivity index (χ1v) is 7.65. The fourth-order valence-electron chi connectivity index (χ4n) is 2.79. The van der Waals surface area contributed by atoms with Gasteiger partial charge in [-0.25, -0.2) is 4.39 Å². The van der Waals surface area contributed by atoms with E-state index >= 15 is 0 Å². The number of rotatable bonds is 4. The second-order valence-electron chi connectivity index (χ2n) is 5.65. The van der Waals surface area contributed by atoms with E-state index in [0.717, 1.165) is 24.1 Å². The lowest BCUT2D eigenvalue weighted by Crippen LogP contribution is -2.38. The van der Waals surface area contributed by atoms with Crippen molar-refractivity contribution < 1.29 is 9.18 Å². The third-order valence-corrected chi connectivity index (χ3v) is 4.03.